The predicted octanol–water partition coefficient (Wildman–Crippen LogP) is 4.10. The van der Waals surface area contributed by atoms with E-state index in [1.165, 1.54) is 18.2 Å². The lowest BCUT2D eigenvalue weighted by Crippen LogP contribution is -2.23. The van der Waals surface area contributed by atoms with Gasteiger partial charge in [-0.15, -0.1) is 0 Å². The van der Waals surface area contributed by atoms with Crippen LogP contribution in [0.1, 0.15) is 0 Å². The number of para-hydroxylation sites is 1. The highest BCUT2D eigenvalue weighted by Gasteiger charge is 2.29. The molecule has 0 aromatic heterocycles. The molecule has 0 aliphatic rings. The van der Waals surface area contributed by atoms with Crippen molar-refractivity contribution in [1.82, 2.24) is 0 Å². The molecule has 0 bridgehead atoms. The number of alkyl halides is 3. The fraction of sp³-hybridized carbons (Fsp3) is 0.222. The number of anilines is 1. The Morgan fingerprint density at radius 2 is 1.82 bits per heavy atom. The summed E-state index contributed by atoms with van der Waals surface area (Å²) in [6.45, 7) is -1.68. The molecule has 1 amide bonds. The highest BCUT2D eigenvalue weighted by atomic mass is 35.5. The summed E-state index contributed by atoms with van der Waals surface area (Å²) >= 11 is 11.4. The predicted molar refractivity (Wildman–Crippen MR) is 57.5 cm³/mol. The molecule has 0 aliphatic heterocycles. The number of ether oxygens (including phenoxy) is 1. The van der Waals surface area contributed by atoms with Crippen LogP contribution < -0.4 is 5.32 Å². The molecule has 1 N–H and O–H groups in total. The fourth-order valence-corrected chi connectivity index (χ4v) is 1.39. The van der Waals surface area contributed by atoms with Crippen molar-refractivity contribution in [3.63, 3.8) is 0 Å². The number of carbonyl (C=O) groups excluding carboxylic acids is 1. The number of rotatable bonds is 2. The zero-order chi connectivity index (χ0) is 13.1. The summed E-state index contributed by atoms with van der Waals surface area (Å²) in [4.78, 5) is 11.0. The Morgan fingerprint density at radius 1 is 1.29 bits per heavy atom. The maximum Gasteiger partial charge on any atom is 0.422 e. The van der Waals surface area contributed by atoms with Crippen LogP contribution in [0.25, 0.3) is 0 Å². The summed E-state index contributed by atoms with van der Waals surface area (Å²) < 4.78 is 39.2. The highest BCUT2D eigenvalue weighted by Crippen LogP contribution is 2.29. The molecule has 0 radical (unpaired) electrons. The molecule has 0 saturated carbocycles. The largest absolute Gasteiger partial charge is 0.440 e. The summed E-state index contributed by atoms with van der Waals surface area (Å²) in [6, 6.07) is 4.37. The Balaban J connectivity index is 2.63. The van der Waals surface area contributed by atoms with Gasteiger partial charge in [0.25, 0.3) is 0 Å². The molecule has 94 valence electrons. The molecule has 0 spiro atoms. The first kappa shape index (κ1) is 13.9. The van der Waals surface area contributed by atoms with Gasteiger partial charge < -0.3 is 4.74 Å². The van der Waals surface area contributed by atoms with Gasteiger partial charge in [0.2, 0.25) is 0 Å². The van der Waals surface area contributed by atoms with E-state index >= 15 is 0 Å². The zero-order valence-electron chi connectivity index (χ0n) is 8.15. The first-order valence-corrected chi connectivity index (χ1v) is 5.00. The number of nitrogens with one attached hydrogen (secondary N) is 1. The Bertz CT molecular complexity index is 403. The topological polar surface area (TPSA) is 38.3 Å². The van der Waals surface area contributed by atoms with Crippen LogP contribution in [0, 0.1) is 0 Å². The quantitative estimate of drug-likeness (QED) is 0.889. The van der Waals surface area contributed by atoms with Crippen LogP contribution in [0.15, 0.2) is 18.2 Å². The van der Waals surface area contributed by atoms with Crippen molar-refractivity contribution in [2.45, 2.75) is 6.18 Å². The molecule has 17 heavy (non-hydrogen) atoms. The minimum atomic E-state index is -4.58. The van der Waals surface area contributed by atoms with Gasteiger partial charge in [-0.3, -0.25) is 5.32 Å². The van der Waals surface area contributed by atoms with Crippen LogP contribution in [0.2, 0.25) is 10.0 Å². The molecule has 0 aliphatic carbocycles. The molecular formula is C9H6Cl2F3NO2. The number of hydrogen-bond donors (Lipinski definition) is 1. The van der Waals surface area contributed by atoms with Crippen LogP contribution in [0.3, 0.4) is 0 Å². The summed E-state index contributed by atoms with van der Waals surface area (Å²) in [7, 11) is 0. The summed E-state index contributed by atoms with van der Waals surface area (Å²) in [5.74, 6) is 0. The summed E-state index contributed by atoms with van der Waals surface area (Å²) in [6.07, 6.45) is -5.86. The van der Waals surface area contributed by atoms with Gasteiger partial charge in [0, 0.05) is 0 Å². The Labute approximate surface area is 104 Å². The van der Waals surface area contributed by atoms with Gasteiger partial charge in [0.15, 0.2) is 6.61 Å². The first-order valence-electron chi connectivity index (χ1n) is 4.24. The van der Waals surface area contributed by atoms with Crippen LogP contribution in [-0.4, -0.2) is 18.9 Å². The SMILES string of the molecule is O=C(Nc1c(Cl)cccc1Cl)OCC(F)(F)F. The second-order valence-corrected chi connectivity index (χ2v) is 3.73. The first-order chi connectivity index (χ1) is 7.79. The van der Waals surface area contributed by atoms with E-state index in [2.05, 4.69) is 4.74 Å². The Kier molecular flexibility index (Phi) is 4.47. The van der Waals surface area contributed by atoms with Gasteiger partial charge in [-0.2, -0.15) is 13.2 Å². The lowest BCUT2D eigenvalue weighted by Gasteiger charge is -2.10. The van der Waals surface area contributed by atoms with Gasteiger partial charge >= 0.3 is 12.3 Å². The molecule has 0 saturated heterocycles. The van der Waals surface area contributed by atoms with Crippen LogP contribution in [0.5, 0.6) is 0 Å². The average Bonchev–Trinajstić information content (AvgIpc) is 2.20. The number of carbonyl (C=O) groups is 1. The number of benzene rings is 1. The number of amides is 1. The molecule has 0 fully saturated rings. The van der Waals surface area contributed by atoms with Crippen molar-refractivity contribution in [2.75, 3.05) is 11.9 Å². The van der Waals surface area contributed by atoms with E-state index in [9.17, 15) is 18.0 Å². The molecule has 0 heterocycles. The summed E-state index contributed by atoms with van der Waals surface area (Å²) in [5.41, 5.74) is 0.00279. The maximum absolute atomic E-state index is 11.8. The van der Waals surface area contributed by atoms with E-state index in [-0.39, 0.29) is 15.7 Å². The lowest BCUT2D eigenvalue weighted by molar-refractivity contribution is -0.159. The van der Waals surface area contributed by atoms with Crippen molar-refractivity contribution in [3.8, 4) is 0 Å². The molecule has 1 aromatic rings. The Hall–Kier alpha value is -1.14. The third-order valence-corrected chi connectivity index (χ3v) is 2.19. The van der Waals surface area contributed by atoms with E-state index in [0.29, 0.717) is 0 Å². The van der Waals surface area contributed by atoms with Crippen LogP contribution in [0.4, 0.5) is 23.7 Å². The van der Waals surface area contributed by atoms with Gasteiger partial charge in [-0.05, 0) is 12.1 Å². The Morgan fingerprint density at radius 3 is 2.29 bits per heavy atom. The smallest absolute Gasteiger partial charge is 0.422 e. The van der Waals surface area contributed by atoms with E-state index in [4.69, 9.17) is 23.2 Å². The van der Waals surface area contributed by atoms with Gasteiger partial charge in [-0.1, -0.05) is 29.3 Å². The zero-order valence-corrected chi connectivity index (χ0v) is 9.66. The number of halogens is 5. The maximum atomic E-state index is 11.8. The summed E-state index contributed by atoms with van der Waals surface area (Å²) in [5, 5.41) is 2.22. The van der Waals surface area contributed by atoms with Crippen molar-refractivity contribution in [2.24, 2.45) is 0 Å². The molecule has 1 rings (SSSR count). The van der Waals surface area contributed by atoms with Crippen LogP contribution >= 0.6 is 23.2 Å². The minimum absolute atomic E-state index is 0.00279. The standard InChI is InChI=1S/C9H6Cl2F3NO2/c10-5-2-1-3-6(11)7(5)15-8(16)17-4-9(12,13)14/h1-3H,4H2,(H,15,16). The molecule has 1 aromatic carbocycles. The van der Waals surface area contributed by atoms with E-state index < -0.39 is 18.9 Å². The second-order valence-electron chi connectivity index (χ2n) is 2.91. The van der Waals surface area contributed by atoms with Gasteiger partial charge in [0.05, 0.1) is 15.7 Å². The van der Waals surface area contributed by atoms with Crippen LogP contribution in [-0.2, 0) is 4.74 Å². The fourth-order valence-electron chi connectivity index (χ4n) is 0.903. The molecule has 0 unspecified atom stereocenters. The monoisotopic (exact) mass is 287 g/mol. The van der Waals surface area contributed by atoms with Gasteiger partial charge in [0.1, 0.15) is 0 Å². The minimum Gasteiger partial charge on any atom is -0.440 e. The molecule has 0 atom stereocenters. The third-order valence-electron chi connectivity index (χ3n) is 1.56. The van der Waals surface area contributed by atoms with E-state index in [0.717, 1.165) is 0 Å². The van der Waals surface area contributed by atoms with E-state index in [1.54, 1.807) is 0 Å². The average molecular weight is 288 g/mol. The second kappa shape index (κ2) is 5.46. The molecular weight excluding hydrogens is 282 g/mol. The molecule has 3 nitrogen and oxygen atoms in total. The highest BCUT2D eigenvalue weighted by molar-refractivity contribution is 6.39. The van der Waals surface area contributed by atoms with E-state index in [1.807, 2.05) is 5.32 Å². The van der Waals surface area contributed by atoms with Crippen molar-refractivity contribution in [1.29, 1.82) is 0 Å². The molecule has 8 heteroatoms. The third kappa shape index (κ3) is 4.70. The normalized spacial score (nSPS) is 11.1. The van der Waals surface area contributed by atoms with Gasteiger partial charge in [-0.25, -0.2) is 4.79 Å². The van der Waals surface area contributed by atoms with Crippen molar-refractivity contribution in [3.05, 3.63) is 28.2 Å². The lowest BCUT2D eigenvalue weighted by atomic mass is 10.3. The van der Waals surface area contributed by atoms with Crippen molar-refractivity contribution < 1.29 is 22.7 Å². The number of hydrogen-bond acceptors (Lipinski definition) is 2. The van der Waals surface area contributed by atoms with Crippen molar-refractivity contribution >= 4 is 35.0 Å².